The molecule has 98 valence electrons. The van der Waals surface area contributed by atoms with Crippen LogP contribution in [0.25, 0.3) is 0 Å². The Kier molecular flexibility index (Phi) is 3.77. The fourth-order valence-electron chi connectivity index (χ4n) is 2.17. The number of aryl methyl sites for hydroxylation is 2. The van der Waals surface area contributed by atoms with Crippen LogP contribution in [0.15, 0.2) is 24.3 Å². The summed E-state index contributed by atoms with van der Waals surface area (Å²) in [5, 5.41) is 14.2. The zero-order valence-corrected chi connectivity index (χ0v) is 11.9. The van der Waals surface area contributed by atoms with Gasteiger partial charge < -0.3 is 4.90 Å². The number of rotatable bonds is 3. The standard InChI is InChI=1S/C14H15ClN4/c1-10-12(8-16)14(19(3)17-10)18(2)9-11-6-4-5-7-13(11)15/h4-7H,9H2,1-3H3. The first-order valence-electron chi connectivity index (χ1n) is 5.92. The van der Waals surface area contributed by atoms with Gasteiger partial charge in [-0.2, -0.15) is 10.4 Å². The van der Waals surface area contributed by atoms with Crippen LogP contribution in [0, 0.1) is 18.3 Å². The monoisotopic (exact) mass is 274 g/mol. The largest absolute Gasteiger partial charge is 0.354 e. The fraction of sp³-hybridized carbons (Fsp3) is 0.286. The van der Waals surface area contributed by atoms with Crippen LogP contribution in [0.3, 0.4) is 0 Å². The summed E-state index contributed by atoms with van der Waals surface area (Å²) in [5.74, 6) is 0.805. The summed E-state index contributed by atoms with van der Waals surface area (Å²) in [6.45, 7) is 2.47. The van der Waals surface area contributed by atoms with Gasteiger partial charge in [0.05, 0.1) is 5.69 Å². The number of aromatic nitrogens is 2. The Bertz CT molecular complexity index is 639. The van der Waals surface area contributed by atoms with Crippen LogP contribution in [-0.4, -0.2) is 16.8 Å². The van der Waals surface area contributed by atoms with Gasteiger partial charge in [0.25, 0.3) is 0 Å². The highest BCUT2D eigenvalue weighted by molar-refractivity contribution is 6.31. The summed E-state index contributed by atoms with van der Waals surface area (Å²) in [6, 6.07) is 9.91. The maximum Gasteiger partial charge on any atom is 0.145 e. The average Bonchev–Trinajstić information content (AvgIpc) is 2.66. The van der Waals surface area contributed by atoms with Gasteiger partial charge in [-0.05, 0) is 18.6 Å². The van der Waals surface area contributed by atoms with Crippen molar-refractivity contribution in [2.75, 3.05) is 11.9 Å². The number of benzene rings is 1. The molecule has 0 fully saturated rings. The third kappa shape index (κ3) is 2.56. The molecule has 0 aliphatic rings. The second-order valence-electron chi connectivity index (χ2n) is 4.47. The van der Waals surface area contributed by atoms with Crippen molar-refractivity contribution in [2.45, 2.75) is 13.5 Å². The molecule has 0 saturated heterocycles. The Labute approximate surface area is 117 Å². The molecule has 0 N–H and O–H groups in total. The molecule has 2 aromatic rings. The van der Waals surface area contributed by atoms with E-state index in [-0.39, 0.29) is 0 Å². The Hall–Kier alpha value is -1.99. The maximum atomic E-state index is 9.23. The minimum absolute atomic E-state index is 0.608. The highest BCUT2D eigenvalue weighted by atomic mass is 35.5. The molecule has 0 aliphatic heterocycles. The first-order chi connectivity index (χ1) is 9.04. The van der Waals surface area contributed by atoms with E-state index in [1.165, 1.54) is 0 Å². The predicted molar refractivity (Wildman–Crippen MR) is 76.2 cm³/mol. The summed E-state index contributed by atoms with van der Waals surface area (Å²) in [7, 11) is 3.77. The van der Waals surface area contributed by atoms with E-state index in [2.05, 4.69) is 11.2 Å². The average molecular weight is 275 g/mol. The topological polar surface area (TPSA) is 44.9 Å². The third-order valence-electron chi connectivity index (χ3n) is 3.03. The lowest BCUT2D eigenvalue weighted by atomic mass is 10.2. The van der Waals surface area contributed by atoms with E-state index in [1.807, 2.05) is 50.2 Å². The molecule has 1 aromatic carbocycles. The molecule has 2 rings (SSSR count). The van der Waals surface area contributed by atoms with E-state index in [1.54, 1.807) is 4.68 Å². The molecule has 5 heteroatoms. The lowest BCUT2D eigenvalue weighted by molar-refractivity contribution is 0.726. The van der Waals surface area contributed by atoms with Gasteiger partial charge in [-0.15, -0.1) is 0 Å². The number of nitrogens with zero attached hydrogens (tertiary/aromatic N) is 4. The Morgan fingerprint density at radius 3 is 2.74 bits per heavy atom. The zero-order valence-electron chi connectivity index (χ0n) is 11.2. The first-order valence-corrected chi connectivity index (χ1v) is 6.30. The van der Waals surface area contributed by atoms with E-state index in [0.29, 0.717) is 12.1 Å². The van der Waals surface area contributed by atoms with Crippen LogP contribution in [0.1, 0.15) is 16.8 Å². The Morgan fingerprint density at radius 2 is 2.11 bits per heavy atom. The number of hydrogen-bond donors (Lipinski definition) is 0. The number of nitriles is 1. The van der Waals surface area contributed by atoms with Crippen LogP contribution in [0.5, 0.6) is 0 Å². The van der Waals surface area contributed by atoms with Gasteiger partial charge in [-0.3, -0.25) is 4.68 Å². The van der Waals surface area contributed by atoms with E-state index in [9.17, 15) is 5.26 Å². The fourth-order valence-corrected chi connectivity index (χ4v) is 2.37. The summed E-state index contributed by atoms with van der Waals surface area (Å²) in [4.78, 5) is 1.99. The Balaban J connectivity index is 2.34. The SMILES string of the molecule is Cc1nn(C)c(N(C)Cc2ccccc2Cl)c1C#N. The summed E-state index contributed by atoms with van der Waals surface area (Å²) >= 11 is 6.16. The van der Waals surface area contributed by atoms with Crippen molar-refractivity contribution in [1.82, 2.24) is 9.78 Å². The molecule has 19 heavy (non-hydrogen) atoms. The molecule has 0 atom stereocenters. The molecule has 4 nitrogen and oxygen atoms in total. The lowest BCUT2D eigenvalue weighted by Crippen LogP contribution is -2.20. The highest BCUT2D eigenvalue weighted by Crippen LogP contribution is 2.24. The van der Waals surface area contributed by atoms with E-state index in [4.69, 9.17) is 11.6 Å². The summed E-state index contributed by atoms with van der Waals surface area (Å²) in [5.41, 5.74) is 2.37. The smallest absolute Gasteiger partial charge is 0.145 e. The maximum absolute atomic E-state index is 9.23. The van der Waals surface area contributed by atoms with Crippen LogP contribution < -0.4 is 4.90 Å². The van der Waals surface area contributed by atoms with Crippen molar-refractivity contribution in [3.63, 3.8) is 0 Å². The number of halogens is 1. The summed E-state index contributed by atoms with van der Waals surface area (Å²) in [6.07, 6.45) is 0. The molecule has 0 aliphatic carbocycles. The van der Waals surface area contributed by atoms with Gasteiger partial charge in [0.1, 0.15) is 17.5 Å². The second-order valence-corrected chi connectivity index (χ2v) is 4.87. The highest BCUT2D eigenvalue weighted by Gasteiger charge is 2.17. The molecule has 0 bridgehead atoms. The first kappa shape index (κ1) is 13.4. The molecule has 0 unspecified atom stereocenters. The van der Waals surface area contributed by atoms with Gasteiger partial charge in [0.15, 0.2) is 0 Å². The minimum Gasteiger partial charge on any atom is -0.354 e. The molecular formula is C14H15ClN4. The third-order valence-corrected chi connectivity index (χ3v) is 3.40. The van der Waals surface area contributed by atoms with E-state index < -0.39 is 0 Å². The minimum atomic E-state index is 0.608. The van der Waals surface area contributed by atoms with Crippen molar-refractivity contribution in [1.29, 1.82) is 5.26 Å². The second kappa shape index (κ2) is 5.33. The number of anilines is 1. The molecule has 0 amide bonds. The van der Waals surface area contributed by atoms with Crippen LogP contribution in [0.4, 0.5) is 5.82 Å². The predicted octanol–water partition coefficient (Wildman–Crippen LogP) is 2.89. The van der Waals surface area contributed by atoms with E-state index >= 15 is 0 Å². The van der Waals surface area contributed by atoms with Crippen LogP contribution in [-0.2, 0) is 13.6 Å². The molecule has 1 heterocycles. The molecule has 1 aromatic heterocycles. The van der Waals surface area contributed by atoms with Crippen molar-refractivity contribution < 1.29 is 0 Å². The molecular weight excluding hydrogens is 260 g/mol. The van der Waals surface area contributed by atoms with Gasteiger partial charge in [0, 0.05) is 25.7 Å². The quantitative estimate of drug-likeness (QED) is 0.864. The van der Waals surface area contributed by atoms with Crippen LogP contribution >= 0.6 is 11.6 Å². The van der Waals surface area contributed by atoms with Gasteiger partial charge in [-0.1, -0.05) is 29.8 Å². The van der Waals surface area contributed by atoms with Crippen molar-refractivity contribution >= 4 is 17.4 Å². The van der Waals surface area contributed by atoms with Gasteiger partial charge in [0.2, 0.25) is 0 Å². The van der Waals surface area contributed by atoms with Crippen molar-refractivity contribution in [3.05, 3.63) is 46.1 Å². The normalized spacial score (nSPS) is 10.3. The molecule has 0 saturated carbocycles. The van der Waals surface area contributed by atoms with E-state index in [0.717, 1.165) is 22.1 Å². The molecule has 0 radical (unpaired) electrons. The lowest BCUT2D eigenvalue weighted by Gasteiger charge is -2.20. The Morgan fingerprint density at radius 1 is 1.42 bits per heavy atom. The van der Waals surface area contributed by atoms with Crippen LogP contribution in [0.2, 0.25) is 5.02 Å². The van der Waals surface area contributed by atoms with Gasteiger partial charge >= 0.3 is 0 Å². The molecule has 0 spiro atoms. The summed E-state index contributed by atoms with van der Waals surface area (Å²) < 4.78 is 1.73. The van der Waals surface area contributed by atoms with Crippen molar-refractivity contribution in [3.8, 4) is 6.07 Å². The number of hydrogen-bond acceptors (Lipinski definition) is 3. The van der Waals surface area contributed by atoms with Gasteiger partial charge in [-0.25, -0.2) is 0 Å². The zero-order chi connectivity index (χ0) is 14.0. The van der Waals surface area contributed by atoms with Crippen molar-refractivity contribution in [2.24, 2.45) is 7.05 Å².